The van der Waals surface area contributed by atoms with Gasteiger partial charge in [0.2, 0.25) is 34.8 Å². The normalized spacial score (nSPS) is 10.9. The number of hydrazine groups is 2. The number of hydrogen-bond donors (Lipinski definition) is 3. The summed E-state index contributed by atoms with van der Waals surface area (Å²) in [4.78, 5) is 64.1. The molecule has 0 radical (unpaired) electrons. The smallest absolute Gasteiger partial charge is 0.364 e. The van der Waals surface area contributed by atoms with Crippen molar-refractivity contribution in [1.29, 1.82) is 0 Å². The van der Waals surface area contributed by atoms with Crippen molar-refractivity contribution < 1.29 is 55.3 Å². The molecular formula is C44H49F5N8O7. The van der Waals surface area contributed by atoms with E-state index in [4.69, 9.17) is 9.47 Å². The number of hydrogen-bond acceptors (Lipinski definition) is 12. The van der Waals surface area contributed by atoms with Gasteiger partial charge in [-0.25, -0.2) is 38.4 Å². The van der Waals surface area contributed by atoms with Crippen LogP contribution in [-0.4, -0.2) is 73.9 Å². The molecule has 0 fully saturated rings. The SMILES string of the molecule is CCc1c(OC)cccc1C(=O)NN(C(=O)c1cnccn1)C(C)(C)C.CCc1c(OC)cccc1C(=O)NNC(C)(C)C.O=C(Oc1c(F)c(F)c(F)c(F)c1F)c1cnccn1. The van der Waals surface area contributed by atoms with Crippen LogP contribution in [0.15, 0.2) is 73.6 Å². The molecule has 0 spiro atoms. The maximum Gasteiger partial charge on any atom is 0.364 e. The monoisotopic (exact) mass is 896 g/mol. The first-order valence-corrected chi connectivity index (χ1v) is 19.4. The van der Waals surface area contributed by atoms with E-state index in [-0.39, 0.29) is 23.0 Å². The standard InChI is InChI=1S/C19H24N4O3.C14H22N2O2.C11H3F5N2O2/c1-6-13-14(8-7-9-16(13)26-5)17(24)22-23(19(2,3)4)18(25)15-12-20-10-11-21-15;1-6-10-11(8-7-9-12(10)18-5)13(17)15-16-14(2,3)4;12-5-6(13)8(15)10(9(16)7(5)14)20-11(19)4-3-17-1-2-18-4/h7-12H,6H2,1-5H3,(H,22,24);7-9,16H,6H2,1-5H3,(H,15,17);1-3H. The van der Waals surface area contributed by atoms with Gasteiger partial charge in [0.1, 0.15) is 17.2 Å². The lowest BCUT2D eigenvalue weighted by atomic mass is 10.0. The van der Waals surface area contributed by atoms with E-state index >= 15 is 0 Å². The van der Waals surface area contributed by atoms with Crippen LogP contribution in [0.5, 0.6) is 17.2 Å². The second-order valence-electron chi connectivity index (χ2n) is 15.2. The first-order valence-electron chi connectivity index (χ1n) is 19.4. The van der Waals surface area contributed by atoms with Gasteiger partial charge in [-0.1, -0.05) is 26.0 Å². The molecule has 0 aliphatic carbocycles. The van der Waals surface area contributed by atoms with Gasteiger partial charge in [0, 0.05) is 52.6 Å². The molecule has 0 aliphatic heterocycles. The van der Waals surface area contributed by atoms with Gasteiger partial charge in [-0.15, -0.1) is 0 Å². The molecular weight excluding hydrogens is 848 g/mol. The fourth-order valence-corrected chi connectivity index (χ4v) is 5.41. The summed E-state index contributed by atoms with van der Waals surface area (Å²) in [5, 5.41) is 1.28. The highest BCUT2D eigenvalue weighted by Gasteiger charge is 2.32. The number of nitrogens with one attached hydrogen (secondary N) is 3. The van der Waals surface area contributed by atoms with Crippen LogP contribution in [0.3, 0.4) is 0 Å². The number of ether oxygens (including phenoxy) is 3. The van der Waals surface area contributed by atoms with E-state index in [1.165, 1.54) is 29.8 Å². The molecule has 15 nitrogen and oxygen atoms in total. The van der Waals surface area contributed by atoms with Crippen molar-refractivity contribution in [1.82, 2.24) is 41.2 Å². The summed E-state index contributed by atoms with van der Waals surface area (Å²) < 4.78 is 79.8. The van der Waals surface area contributed by atoms with Gasteiger partial charge in [0.05, 0.1) is 32.2 Å². The fourth-order valence-electron chi connectivity index (χ4n) is 5.41. The third kappa shape index (κ3) is 13.5. The lowest BCUT2D eigenvalue weighted by Crippen LogP contribution is -2.56. The van der Waals surface area contributed by atoms with Gasteiger partial charge in [0.15, 0.2) is 5.69 Å². The first kappa shape index (κ1) is 51.3. The van der Waals surface area contributed by atoms with Gasteiger partial charge in [0.25, 0.3) is 17.7 Å². The van der Waals surface area contributed by atoms with Crippen molar-refractivity contribution in [3.05, 3.63) is 136 Å². The molecule has 5 aromatic rings. The zero-order valence-electron chi connectivity index (χ0n) is 36.8. The topological polar surface area (TPSA) is 187 Å². The summed E-state index contributed by atoms with van der Waals surface area (Å²) >= 11 is 0. The van der Waals surface area contributed by atoms with E-state index in [2.05, 4.69) is 41.0 Å². The molecule has 3 N–H and O–H groups in total. The van der Waals surface area contributed by atoms with Crippen LogP contribution in [0.25, 0.3) is 0 Å². The predicted molar refractivity (Wildman–Crippen MR) is 224 cm³/mol. The number of amides is 3. The Balaban J connectivity index is 0.000000261. The predicted octanol–water partition coefficient (Wildman–Crippen LogP) is 7.32. The maximum absolute atomic E-state index is 13.2. The number of carbonyl (C=O) groups excluding carboxylic acids is 4. The van der Waals surface area contributed by atoms with Crippen LogP contribution < -0.4 is 30.5 Å². The van der Waals surface area contributed by atoms with Gasteiger partial charge >= 0.3 is 5.97 Å². The summed E-state index contributed by atoms with van der Waals surface area (Å²) in [5.41, 5.74) is 10.1. The van der Waals surface area contributed by atoms with Crippen molar-refractivity contribution in [3.63, 3.8) is 0 Å². The largest absolute Gasteiger partial charge is 0.496 e. The Hall–Kier alpha value is -7.09. The van der Waals surface area contributed by atoms with Crippen LogP contribution >= 0.6 is 0 Å². The van der Waals surface area contributed by atoms with E-state index in [0.717, 1.165) is 35.7 Å². The molecule has 3 aromatic carbocycles. The highest BCUT2D eigenvalue weighted by Crippen LogP contribution is 2.30. The number of carbonyl (C=O) groups is 4. The van der Waals surface area contributed by atoms with Gasteiger partial charge in [-0.2, -0.15) is 8.78 Å². The van der Waals surface area contributed by atoms with E-state index in [0.29, 0.717) is 23.3 Å². The summed E-state index contributed by atoms with van der Waals surface area (Å²) in [6, 6.07) is 10.8. The second-order valence-corrected chi connectivity index (χ2v) is 15.2. The van der Waals surface area contributed by atoms with Crippen molar-refractivity contribution in [2.75, 3.05) is 14.2 Å². The van der Waals surface area contributed by atoms with Crippen molar-refractivity contribution >= 4 is 23.7 Å². The molecule has 5 rings (SSSR count). The van der Waals surface area contributed by atoms with Crippen LogP contribution in [0.1, 0.15) is 108 Å². The minimum absolute atomic E-state index is 0.138. The van der Waals surface area contributed by atoms with Crippen LogP contribution in [0, 0.1) is 29.1 Å². The van der Waals surface area contributed by atoms with Crippen molar-refractivity contribution in [2.24, 2.45) is 0 Å². The third-order valence-electron chi connectivity index (χ3n) is 8.46. The highest BCUT2D eigenvalue weighted by molar-refractivity contribution is 6.00. The Labute approximate surface area is 366 Å². The van der Waals surface area contributed by atoms with Gasteiger partial charge in [-0.05, 0) is 78.6 Å². The van der Waals surface area contributed by atoms with Crippen LogP contribution in [-0.2, 0) is 12.8 Å². The molecule has 0 aliphatic rings. The molecule has 64 heavy (non-hydrogen) atoms. The minimum atomic E-state index is -2.35. The van der Waals surface area contributed by atoms with Crippen LogP contribution in [0.2, 0.25) is 0 Å². The van der Waals surface area contributed by atoms with Gasteiger partial charge in [-0.3, -0.25) is 35.2 Å². The summed E-state index contributed by atoms with van der Waals surface area (Å²) in [6.07, 6.45) is 8.85. The number of rotatable bonds is 10. The first-order chi connectivity index (χ1) is 30.1. The molecule has 0 bridgehead atoms. The number of aromatic nitrogens is 4. The maximum atomic E-state index is 13.2. The summed E-state index contributed by atoms with van der Waals surface area (Å²) in [7, 11) is 3.18. The molecule has 2 aromatic heterocycles. The Morgan fingerprint density at radius 3 is 1.50 bits per heavy atom. The zero-order valence-corrected chi connectivity index (χ0v) is 36.8. The number of benzene rings is 3. The van der Waals surface area contributed by atoms with Crippen molar-refractivity contribution in [3.8, 4) is 17.2 Å². The quantitative estimate of drug-likeness (QED) is 0.0317. The molecule has 0 saturated heterocycles. The number of methoxy groups -OCH3 is 2. The molecule has 3 amide bonds. The lowest BCUT2D eigenvalue weighted by Gasteiger charge is -2.35. The fraction of sp³-hybridized carbons (Fsp3) is 0.318. The van der Waals surface area contributed by atoms with E-state index in [1.807, 2.05) is 73.6 Å². The molecule has 20 heteroatoms. The number of esters is 1. The second kappa shape index (κ2) is 22.8. The third-order valence-corrected chi connectivity index (χ3v) is 8.46. The molecule has 0 unspecified atom stereocenters. The Kier molecular flexibility index (Phi) is 18.3. The van der Waals surface area contributed by atoms with E-state index < -0.39 is 57.9 Å². The van der Waals surface area contributed by atoms with Gasteiger partial charge < -0.3 is 14.2 Å². The van der Waals surface area contributed by atoms with Crippen LogP contribution in [0.4, 0.5) is 22.0 Å². The summed E-state index contributed by atoms with van der Waals surface area (Å²) in [6.45, 7) is 15.4. The van der Waals surface area contributed by atoms with E-state index in [9.17, 15) is 41.1 Å². The Bertz CT molecular complexity index is 2390. The summed E-state index contributed by atoms with van der Waals surface area (Å²) in [5.74, 6) is -14.0. The van der Waals surface area contributed by atoms with Crippen molar-refractivity contribution in [2.45, 2.75) is 79.3 Å². The minimum Gasteiger partial charge on any atom is -0.496 e. The molecule has 342 valence electrons. The molecule has 0 atom stereocenters. The van der Waals surface area contributed by atoms with E-state index in [1.54, 1.807) is 32.4 Å². The number of halogens is 5. The Morgan fingerprint density at radius 1 is 0.641 bits per heavy atom. The highest BCUT2D eigenvalue weighted by atomic mass is 19.2. The molecule has 2 heterocycles. The average Bonchev–Trinajstić information content (AvgIpc) is 3.29. The lowest BCUT2D eigenvalue weighted by molar-refractivity contribution is 0.0353. The molecule has 0 saturated carbocycles. The Morgan fingerprint density at radius 2 is 1.09 bits per heavy atom. The average molecular weight is 897 g/mol. The number of nitrogens with zero attached hydrogens (tertiary/aromatic N) is 5. The zero-order chi connectivity index (χ0) is 47.9.